The number of hydrogen-bond acceptors (Lipinski definition) is 4. The first kappa shape index (κ1) is 14.8. The number of piperidine rings is 1. The van der Waals surface area contributed by atoms with Gasteiger partial charge in [0.15, 0.2) is 0 Å². The Morgan fingerprint density at radius 2 is 2.17 bits per heavy atom. The molecule has 1 heterocycles. The molecule has 0 radical (unpaired) electrons. The van der Waals surface area contributed by atoms with E-state index in [1.807, 2.05) is 11.8 Å². The first-order valence-corrected chi connectivity index (χ1v) is 6.52. The van der Waals surface area contributed by atoms with Crippen LogP contribution in [0.2, 0.25) is 0 Å². The van der Waals surface area contributed by atoms with Crippen molar-refractivity contribution in [3.63, 3.8) is 0 Å². The minimum atomic E-state index is 0.0995. The maximum Gasteiger partial charge on any atom is 0.222 e. The molecular formula is C12H23N3O3. The number of carbonyl (C=O) groups excluding carboxylic acids is 1. The van der Waals surface area contributed by atoms with Gasteiger partial charge in [-0.3, -0.25) is 4.79 Å². The Bertz CT molecular complexity index is 286. The molecule has 6 heteroatoms. The van der Waals surface area contributed by atoms with Crippen LogP contribution in [0.1, 0.15) is 32.6 Å². The van der Waals surface area contributed by atoms with E-state index in [1.54, 1.807) is 0 Å². The van der Waals surface area contributed by atoms with Crippen LogP contribution >= 0.6 is 0 Å². The highest BCUT2D eigenvalue weighted by atomic mass is 16.5. The predicted octanol–water partition coefficient (Wildman–Crippen LogP) is 0.788. The Balaban J connectivity index is 2.23. The van der Waals surface area contributed by atoms with E-state index in [-0.39, 0.29) is 17.7 Å². The van der Waals surface area contributed by atoms with Crippen LogP contribution in [0.4, 0.5) is 0 Å². The van der Waals surface area contributed by atoms with E-state index in [0.717, 1.165) is 19.3 Å². The van der Waals surface area contributed by atoms with Crippen molar-refractivity contribution < 1.29 is 14.7 Å². The number of hydrogen-bond donors (Lipinski definition) is 2. The van der Waals surface area contributed by atoms with Crippen LogP contribution in [0.15, 0.2) is 5.16 Å². The predicted molar refractivity (Wildman–Crippen MR) is 68.4 cm³/mol. The first-order chi connectivity index (χ1) is 8.69. The smallest absolute Gasteiger partial charge is 0.222 e. The summed E-state index contributed by atoms with van der Waals surface area (Å²) in [5.41, 5.74) is 5.56. The van der Waals surface area contributed by atoms with Crippen LogP contribution in [0.3, 0.4) is 0 Å². The lowest BCUT2D eigenvalue weighted by atomic mass is 9.95. The molecule has 0 unspecified atom stereocenters. The van der Waals surface area contributed by atoms with Crippen LogP contribution in [-0.4, -0.2) is 48.2 Å². The lowest BCUT2D eigenvalue weighted by molar-refractivity contribution is -0.132. The molecule has 0 atom stereocenters. The maximum absolute atomic E-state index is 11.9. The number of amides is 1. The summed E-state index contributed by atoms with van der Waals surface area (Å²) in [7, 11) is 0. The quantitative estimate of drug-likeness (QED) is 0.242. The van der Waals surface area contributed by atoms with Crippen LogP contribution in [0, 0.1) is 5.92 Å². The molecule has 0 aliphatic carbocycles. The fourth-order valence-electron chi connectivity index (χ4n) is 2.13. The Kier molecular flexibility index (Phi) is 6.49. The van der Waals surface area contributed by atoms with Gasteiger partial charge in [0.2, 0.25) is 5.91 Å². The van der Waals surface area contributed by atoms with Crippen LogP contribution in [0.5, 0.6) is 0 Å². The van der Waals surface area contributed by atoms with Crippen molar-refractivity contribution in [2.24, 2.45) is 16.8 Å². The summed E-state index contributed by atoms with van der Waals surface area (Å²) >= 11 is 0. The molecule has 1 fully saturated rings. The number of ether oxygens (including phenoxy) is 1. The van der Waals surface area contributed by atoms with Gasteiger partial charge in [0.1, 0.15) is 5.84 Å². The Hall–Kier alpha value is -1.30. The largest absolute Gasteiger partial charge is 0.409 e. The molecular weight excluding hydrogens is 234 g/mol. The van der Waals surface area contributed by atoms with Gasteiger partial charge in [-0.2, -0.15) is 0 Å². The van der Waals surface area contributed by atoms with Crippen molar-refractivity contribution in [1.82, 2.24) is 4.90 Å². The zero-order chi connectivity index (χ0) is 13.4. The Morgan fingerprint density at radius 1 is 1.50 bits per heavy atom. The number of amidine groups is 1. The molecule has 18 heavy (non-hydrogen) atoms. The number of likely N-dealkylation sites (tertiary alicyclic amines) is 1. The summed E-state index contributed by atoms with van der Waals surface area (Å²) in [6.45, 7) is 4.66. The standard InChI is InChI=1S/C12H23N3O3/c1-2-18-9-3-4-11(16)15-7-5-10(6-8-15)12(13)14-17/h10,17H,2-9H2,1H3,(H2,13,14). The third-order valence-electron chi connectivity index (χ3n) is 3.26. The highest BCUT2D eigenvalue weighted by Gasteiger charge is 2.24. The van der Waals surface area contributed by atoms with E-state index in [9.17, 15) is 4.79 Å². The van der Waals surface area contributed by atoms with Crippen molar-refractivity contribution >= 4 is 11.7 Å². The molecule has 0 spiro atoms. The number of nitrogens with two attached hydrogens (primary N) is 1. The highest BCUT2D eigenvalue weighted by molar-refractivity contribution is 5.83. The summed E-state index contributed by atoms with van der Waals surface area (Å²) in [6, 6.07) is 0. The zero-order valence-corrected chi connectivity index (χ0v) is 11.0. The molecule has 0 saturated carbocycles. The molecule has 1 aliphatic heterocycles. The lowest BCUT2D eigenvalue weighted by Gasteiger charge is -2.31. The summed E-state index contributed by atoms with van der Waals surface area (Å²) in [4.78, 5) is 13.7. The van der Waals surface area contributed by atoms with Gasteiger partial charge in [-0.15, -0.1) is 0 Å². The molecule has 1 amide bonds. The number of nitrogens with zero attached hydrogens (tertiary/aromatic N) is 2. The highest BCUT2D eigenvalue weighted by Crippen LogP contribution is 2.18. The molecule has 6 nitrogen and oxygen atoms in total. The Labute approximate surface area is 108 Å². The van der Waals surface area contributed by atoms with Crippen LogP contribution in [0.25, 0.3) is 0 Å². The van der Waals surface area contributed by atoms with E-state index < -0.39 is 0 Å². The molecule has 1 aliphatic rings. The monoisotopic (exact) mass is 257 g/mol. The summed E-state index contributed by atoms with van der Waals surface area (Å²) < 4.78 is 5.20. The average molecular weight is 257 g/mol. The van der Waals surface area contributed by atoms with Crippen LogP contribution in [-0.2, 0) is 9.53 Å². The summed E-state index contributed by atoms with van der Waals surface area (Å²) in [6.07, 6.45) is 2.85. The van der Waals surface area contributed by atoms with Gasteiger partial charge in [0, 0.05) is 38.6 Å². The number of carbonyl (C=O) groups is 1. The van der Waals surface area contributed by atoms with Gasteiger partial charge in [-0.1, -0.05) is 5.16 Å². The molecule has 0 aromatic rings. The van der Waals surface area contributed by atoms with Crippen molar-refractivity contribution in [2.75, 3.05) is 26.3 Å². The summed E-state index contributed by atoms with van der Waals surface area (Å²) in [5, 5.41) is 11.6. The molecule has 0 aromatic carbocycles. The van der Waals surface area contributed by atoms with E-state index in [0.29, 0.717) is 32.7 Å². The minimum Gasteiger partial charge on any atom is -0.409 e. The van der Waals surface area contributed by atoms with E-state index in [1.165, 1.54) is 0 Å². The van der Waals surface area contributed by atoms with Crippen molar-refractivity contribution in [1.29, 1.82) is 0 Å². The van der Waals surface area contributed by atoms with Gasteiger partial charge >= 0.3 is 0 Å². The van der Waals surface area contributed by atoms with Crippen LogP contribution < -0.4 is 5.73 Å². The van der Waals surface area contributed by atoms with E-state index >= 15 is 0 Å². The molecule has 1 rings (SSSR count). The van der Waals surface area contributed by atoms with Crippen molar-refractivity contribution in [3.8, 4) is 0 Å². The van der Waals surface area contributed by atoms with Crippen molar-refractivity contribution in [3.05, 3.63) is 0 Å². The van der Waals surface area contributed by atoms with Gasteiger partial charge in [-0.05, 0) is 26.2 Å². The second-order valence-corrected chi connectivity index (χ2v) is 4.48. The fraction of sp³-hybridized carbons (Fsp3) is 0.833. The van der Waals surface area contributed by atoms with Crippen molar-refractivity contribution in [2.45, 2.75) is 32.6 Å². The first-order valence-electron chi connectivity index (χ1n) is 6.52. The topological polar surface area (TPSA) is 88.2 Å². The molecule has 3 N–H and O–H groups in total. The zero-order valence-electron chi connectivity index (χ0n) is 11.0. The van der Waals surface area contributed by atoms with Gasteiger partial charge in [0.25, 0.3) is 0 Å². The lowest BCUT2D eigenvalue weighted by Crippen LogP contribution is -2.41. The third-order valence-corrected chi connectivity index (χ3v) is 3.26. The normalized spacial score (nSPS) is 18.1. The molecule has 0 bridgehead atoms. The molecule has 1 saturated heterocycles. The minimum absolute atomic E-state index is 0.0995. The Morgan fingerprint density at radius 3 is 2.72 bits per heavy atom. The van der Waals surface area contributed by atoms with Gasteiger partial charge in [0.05, 0.1) is 0 Å². The fourth-order valence-corrected chi connectivity index (χ4v) is 2.13. The second kappa shape index (κ2) is 7.92. The summed E-state index contributed by atoms with van der Waals surface area (Å²) in [5.74, 6) is 0.550. The SMILES string of the molecule is CCOCCCC(=O)N1CCC(C(N)=NO)CC1. The molecule has 0 aromatic heterocycles. The maximum atomic E-state index is 11.9. The number of oxime groups is 1. The van der Waals surface area contributed by atoms with Gasteiger partial charge in [-0.25, -0.2) is 0 Å². The van der Waals surface area contributed by atoms with Gasteiger partial charge < -0.3 is 20.6 Å². The number of rotatable bonds is 6. The van der Waals surface area contributed by atoms with E-state index in [4.69, 9.17) is 15.7 Å². The van der Waals surface area contributed by atoms with E-state index in [2.05, 4.69) is 5.16 Å². The second-order valence-electron chi connectivity index (χ2n) is 4.48. The third kappa shape index (κ3) is 4.52. The molecule has 104 valence electrons. The average Bonchev–Trinajstić information content (AvgIpc) is 2.42.